The van der Waals surface area contributed by atoms with E-state index in [9.17, 15) is 9.18 Å². The topological polar surface area (TPSA) is 76.7 Å². The number of ether oxygens (including phenoxy) is 1. The van der Waals surface area contributed by atoms with Gasteiger partial charge in [-0.3, -0.25) is 0 Å². The molecule has 0 spiro atoms. The summed E-state index contributed by atoms with van der Waals surface area (Å²) in [6.07, 6.45) is 1.44. The molecule has 0 fully saturated rings. The first-order chi connectivity index (χ1) is 10.5. The molecule has 2 rings (SSSR count). The van der Waals surface area contributed by atoms with Crippen molar-refractivity contribution < 1.29 is 13.9 Å². The number of rotatable bonds is 5. The number of nitrogens with one attached hydrogen (secondary N) is 1. The van der Waals surface area contributed by atoms with E-state index in [1.165, 1.54) is 18.3 Å². The second-order valence-electron chi connectivity index (χ2n) is 4.33. The molecule has 22 heavy (non-hydrogen) atoms. The Hall–Kier alpha value is -2.41. The maximum absolute atomic E-state index is 13.2. The van der Waals surface area contributed by atoms with E-state index in [-0.39, 0.29) is 12.4 Å². The van der Waals surface area contributed by atoms with Crippen molar-refractivity contribution in [1.29, 1.82) is 0 Å². The van der Waals surface area contributed by atoms with Crippen LogP contribution in [0.2, 0.25) is 0 Å². The molecule has 0 atom stereocenters. The zero-order valence-electron chi connectivity index (χ0n) is 11.4. The zero-order valence-corrected chi connectivity index (χ0v) is 13.0. The van der Waals surface area contributed by atoms with Gasteiger partial charge in [0, 0.05) is 10.0 Å². The second kappa shape index (κ2) is 7.56. The Morgan fingerprint density at radius 3 is 2.95 bits per heavy atom. The van der Waals surface area contributed by atoms with Gasteiger partial charge in [0.25, 0.3) is 0 Å². The lowest BCUT2D eigenvalue weighted by Gasteiger charge is -2.08. The van der Waals surface area contributed by atoms with E-state index in [0.29, 0.717) is 11.3 Å². The molecule has 3 N–H and O–H groups in total. The fraction of sp³-hybridized carbons (Fsp3) is 0.0667. The third-order valence-electron chi connectivity index (χ3n) is 2.65. The number of hydrogen-bond acceptors (Lipinski definition) is 3. The van der Waals surface area contributed by atoms with Crippen molar-refractivity contribution in [3.8, 4) is 5.75 Å². The number of urea groups is 1. The summed E-state index contributed by atoms with van der Waals surface area (Å²) in [6, 6.07) is 10.7. The fourth-order valence-corrected chi connectivity index (χ4v) is 2.03. The predicted molar refractivity (Wildman–Crippen MR) is 85.2 cm³/mol. The van der Waals surface area contributed by atoms with Crippen LogP contribution in [0, 0.1) is 5.82 Å². The maximum Gasteiger partial charge on any atom is 0.332 e. The van der Waals surface area contributed by atoms with Gasteiger partial charge in [0.2, 0.25) is 0 Å². The number of hydrogen-bond donors (Lipinski definition) is 2. The molecule has 0 radical (unpaired) electrons. The Bertz CT molecular complexity index is 707. The second-order valence-corrected chi connectivity index (χ2v) is 5.19. The minimum absolute atomic E-state index is 0.221. The van der Waals surface area contributed by atoms with Crippen LogP contribution in [0.5, 0.6) is 5.75 Å². The highest BCUT2D eigenvalue weighted by atomic mass is 79.9. The third-order valence-corrected chi connectivity index (χ3v) is 3.42. The van der Waals surface area contributed by atoms with E-state index in [2.05, 4.69) is 26.5 Å². The number of halogens is 2. The molecule has 114 valence electrons. The summed E-state index contributed by atoms with van der Waals surface area (Å²) < 4.78 is 19.6. The molecule has 0 heterocycles. The van der Waals surface area contributed by atoms with Gasteiger partial charge in [-0.15, -0.1) is 0 Å². The molecule has 0 aliphatic heterocycles. The van der Waals surface area contributed by atoms with Crippen molar-refractivity contribution in [2.75, 3.05) is 0 Å². The molecule has 0 saturated carbocycles. The van der Waals surface area contributed by atoms with Gasteiger partial charge in [0.05, 0.1) is 6.21 Å². The van der Waals surface area contributed by atoms with E-state index in [1.54, 1.807) is 30.3 Å². The van der Waals surface area contributed by atoms with E-state index < -0.39 is 6.03 Å². The molecule has 2 aromatic carbocycles. The van der Waals surface area contributed by atoms with Gasteiger partial charge in [0.15, 0.2) is 0 Å². The molecule has 0 aromatic heterocycles. The molecular weight excluding hydrogens is 353 g/mol. The van der Waals surface area contributed by atoms with E-state index in [4.69, 9.17) is 10.5 Å². The molecule has 0 aliphatic carbocycles. The molecule has 0 unspecified atom stereocenters. The Morgan fingerprint density at radius 2 is 2.18 bits per heavy atom. The Kier molecular flexibility index (Phi) is 5.48. The Morgan fingerprint density at radius 1 is 1.36 bits per heavy atom. The average molecular weight is 366 g/mol. The van der Waals surface area contributed by atoms with Crippen LogP contribution in [0.1, 0.15) is 11.1 Å². The first-order valence-electron chi connectivity index (χ1n) is 6.30. The van der Waals surface area contributed by atoms with Crippen LogP contribution >= 0.6 is 15.9 Å². The van der Waals surface area contributed by atoms with E-state index in [1.807, 2.05) is 0 Å². The Balaban J connectivity index is 2.02. The van der Waals surface area contributed by atoms with Crippen LogP contribution in [0.4, 0.5) is 9.18 Å². The summed E-state index contributed by atoms with van der Waals surface area (Å²) in [7, 11) is 0. The first kappa shape index (κ1) is 16.0. The minimum atomic E-state index is -0.736. The number of benzene rings is 2. The van der Waals surface area contributed by atoms with Crippen LogP contribution in [0.25, 0.3) is 0 Å². The summed E-state index contributed by atoms with van der Waals surface area (Å²) in [5.41, 5.74) is 8.44. The summed E-state index contributed by atoms with van der Waals surface area (Å²) in [5.74, 6) is 0.277. The van der Waals surface area contributed by atoms with Crippen molar-refractivity contribution in [3.05, 3.63) is 63.9 Å². The lowest BCUT2D eigenvalue weighted by Crippen LogP contribution is -2.24. The SMILES string of the molecule is NC(=O)NN=Cc1cccc(OCc2cc(F)ccc2Br)c1. The van der Waals surface area contributed by atoms with Gasteiger partial charge in [-0.25, -0.2) is 14.6 Å². The van der Waals surface area contributed by atoms with Crippen LogP contribution in [0.15, 0.2) is 52.0 Å². The molecule has 0 bridgehead atoms. The van der Waals surface area contributed by atoms with Crippen molar-refractivity contribution >= 4 is 28.2 Å². The zero-order chi connectivity index (χ0) is 15.9. The highest BCUT2D eigenvalue weighted by Crippen LogP contribution is 2.20. The lowest BCUT2D eigenvalue weighted by molar-refractivity contribution is 0.249. The molecule has 0 saturated heterocycles. The monoisotopic (exact) mass is 365 g/mol. The van der Waals surface area contributed by atoms with Gasteiger partial charge in [-0.05, 0) is 35.9 Å². The highest BCUT2D eigenvalue weighted by Gasteiger charge is 2.03. The normalized spacial score (nSPS) is 10.6. The van der Waals surface area contributed by atoms with Crippen LogP contribution < -0.4 is 15.9 Å². The number of primary amides is 1. The maximum atomic E-state index is 13.2. The molecular formula is C15H13BrFN3O2. The number of carbonyl (C=O) groups is 1. The van der Waals surface area contributed by atoms with Crippen molar-refractivity contribution in [2.24, 2.45) is 10.8 Å². The molecule has 2 amide bonds. The quantitative estimate of drug-likeness (QED) is 0.630. The smallest absolute Gasteiger partial charge is 0.332 e. The summed E-state index contributed by atoms with van der Waals surface area (Å²) >= 11 is 3.35. The van der Waals surface area contributed by atoms with Gasteiger partial charge in [-0.1, -0.05) is 28.1 Å². The Labute approximate surface area is 135 Å². The number of nitrogens with zero attached hydrogens (tertiary/aromatic N) is 1. The standard InChI is InChI=1S/C15H13BrFN3O2/c16-14-5-4-12(17)7-11(14)9-22-13-3-1-2-10(6-13)8-19-20-15(18)21/h1-8H,9H2,(H3,18,20,21). The summed E-state index contributed by atoms with van der Waals surface area (Å²) in [6.45, 7) is 0.221. The van der Waals surface area contributed by atoms with Gasteiger partial charge in [0.1, 0.15) is 18.2 Å². The number of carbonyl (C=O) groups excluding carboxylic acids is 1. The molecule has 7 heteroatoms. The van der Waals surface area contributed by atoms with Crippen LogP contribution in [-0.2, 0) is 6.61 Å². The first-order valence-corrected chi connectivity index (χ1v) is 7.09. The molecule has 2 aromatic rings. The largest absolute Gasteiger partial charge is 0.489 e. The van der Waals surface area contributed by atoms with Crippen LogP contribution in [0.3, 0.4) is 0 Å². The third kappa shape index (κ3) is 4.85. The molecule has 5 nitrogen and oxygen atoms in total. The van der Waals surface area contributed by atoms with Gasteiger partial charge < -0.3 is 10.5 Å². The number of nitrogens with two attached hydrogens (primary N) is 1. The number of amides is 2. The van der Waals surface area contributed by atoms with Crippen molar-refractivity contribution in [2.45, 2.75) is 6.61 Å². The van der Waals surface area contributed by atoms with E-state index >= 15 is 0 Å². The summed E-state index contributed by atoms with van der Waals surface area (Å²) in [4.78, 5) is 10.5. The van der Waals surface area contributed by atoms with Gasteiger partial charge in [-0.2, -0.15) is 5.10 Å². The van der Waals surface area contributed by atoms with Crippen LogP contribution in [-0.4, -0.2) is 12.2 Å². The lowest BCUT2D eigenvalue weighted by atomic mass is 10.2. The fourth-order valence-electron chi connectivity index (χ4n) is 1.67. The molecule has 0 aliphatic rings. The van der Waals surface area contributed by atoms with Gasteiger partial charge >= 0.3 is 6.03 Å². The number of hydrazone groups is 1. The van der Waals surface area contributed by atoms with Crippen molar-refractivity contribution in [3.63, 3.8) is 0 Å². The average Bonchev–Trinajstić information content (AvgIpc) is 2.48. The minimum Gasteiger partial charge on any atom is -0.489 e. The summed E-state index contributed by atoms with van der Waals surface area (Å²) in [5, 5.41) is 3.66. The van der Waals surface area contributed by atoms with E-state index in [0.717, 1.165) is 10.0 Å². The predicted octanol–water partition coefficient (Wildman–Crippen LogP) is 3.17. The highest BCUT2D eigenvalue weighted by molar-refractivity contribution is 9.10. The van der Waals surface area contributed by atoms with Crippen molar-refractivity contribution in [1.82, 2.24) is 5.43 Å².